The maximum Gasteiger partial charge on any atom is 0.243 e. The zero-order chi connectivity index (χ0) is 17.7. The number of hydrogen-bond donors (Lipinski definition) is 1. The largest absolute Gasteiger partial charge is 0.356 e. The van der Waals surface area contributed by atoms with E-state index >= 15 is 0 Å². The zero-order valence-corrected chi connectivity index (χ0v) is 15.7. The molecular weight excluding hydrogens is 336 g/mol. The third-order valence-electron chi connectivity index (χ3n) is 5.12. The second-order valence-electron chi connectivity index (χ2n) is 6.78. The van der Waals surface area contributed by atoms with Crippen molar-refractivity contribution in [2.75, 3.05) is 39.8 Å². The van der Waals surface area contributed by atoms with Gasteiger partial charge in [-0.1, -0.05) is 18.2 Å². The van der Waals surface area contributed by atoms with Crippen LogP contribution < -0.4 is 5.32 Å². The van der Waals surface area contributed by atoms with Crippen LogP contribution in [0.2, 0.25) is 0 Å². The minimum Gasteiger partial charge on any atom is -0.356 e. The number of hydrogen-bond acceptors (Lipinski definition) is 3. The molecule has 2 fully saturated rings. The van der Waals surface area contributed by atoms with E-state index < -0.39 is 10.0 Å². The van der Waals surface area contributed by atoms with E-state index in [1.165, 1.54) is 12.8 Å². The predicted molar refractivity (Wildman–Crippen MR) is 100 cm³/mol. The van der Waals surface area contributed by atoms with Gasteiger partial charge in [0, 0.05) is 39.8 Å². The maximum atomic E-state index is 12.7. The molecule has 0 atom stereocenters. The first-order chi connectivity index (χ1) is 12.1. The van der Waals surface area contributed by atoms with Crippen molar-refractivity contribution >= 4 is 16.0 Å². The van der Waals surface area contributed by atoms with Crippen molar-refractivity contribution in [3.8, 4) is 0 Å². The summed E-state index contributed by atoms with van der Waals surface area (Å²) in [4.78, 5) is 7.06. The average molecular weight is 365 g/mol. The van der Waals surface area contributed by atoms with E-state index in [0.29, 0.717) is 23.9 Å². The molecule has 0 spiro atoms. The Kier molecular flexibility index (Phi) is 5.96. The summed E-state index contributed by atoms with van der Waals surface area (Å²) in [7, 11) is -1.52. The van der Waals surface area contributed by atoms with Crippen LogP contribution in [0.3, 0.4) is 0 Å². The lowest BCUT2D eigenvalue weighted by molar-refractivity contribution is 0.272. The number of sulfonamides is 1. The SMILES string of the molecule is CN=C(NCC1CCN(S(=O)(=O)c2ccccc2)CC1)N1CCCC1. The Morgan fingerprint density at radius 2 is 1.76 bits per heavy atom. The van der Waals surface area contributed by atoms with Gasteiger partial charge in [0.15, 0.2) is 5.96 Å². The van der Waals surface area contributed by atoms with Gasteiger partial charge in [0.25, 0.3) is 0 Å². The molecule has 0 radical (unpaired) electrons. The number of aliphatic imine (C=N–C) groups is 1. The van der Waals surface area contributed by atoms with Crippen molar-refractivity contribution in [2.24, 2.45) is 10.9 Å². The van der Waals surface area contributed by atoms with Gasteiger partial charge in [0.1, 0.15) is 0 Å². The minimum atomic E-state index is -3.35. The van der Waals surface area contributed by atoms with Crippen LogP contribution in [0.5, 0.6) is 0 Å². The van der Waals surface area contributed by atoms with E-state index in [1.54, 1.807) is 28.6 Å². The third kappa shape index (κ3) is 4.33. The van der Waals surface area contributed by atoms with Crippen LogP contribution in [-0.2, 0) is 10.0 Å². The Labute approximate surface area is 151 Å². The average Bonchev–Trinajstić information content (AvgIpc) is 3.18. The van der Waals surface area contributed by atoms with Gasteiger partial charge >= 0.3 is 0 Å². The molecule has 2 aliphatic heterocycles. The minimum absolute atomic E-state index is 0.390. The van der Waals surface area contributed by atoms with Crippen LogP contribution >= 0.6 is 0 Å². The zero-order valence-electron chi connectivity index (χ0n) is 14.9. The van der Waals surface area contributed by atoms with E-state index in [4.69, 9.17) is 0 Å². The Balaban J connectivity index is 1.50. The summed E-state index contributed by atoms with van der Waals surface area (Å²) in [6.45, 7) is 4.20. The van der Waals surface area contributed by atoms with Crippen LogP contribution in [0.15, 0.2) is 40.2 Å². The highest BCUT2D eigenvalue weighted by Gasteiger charge is 2.29. The summed E-state index contributed by atoms with van der Waals surface area (Å²) in [5.41, 5.74) is 0. The van der Waals surface area contributed by atoms with E-state index in [9.17, 15) is 8.42 Å². The molecule has 138 valence electrons. The summed E-state index contributed by atoms with van der Waals surface area (Å²) in [6, 6.07) is 8.72. The molecule has 25 heavy (non-hydrogen) atoms. The number of rotatable bonds is 4. The fourth-order valence-corrected chi connectivity index (χ4v) is 5.08. The number of benzene rings is 1. The summed E-state index contributed by atoms with van der Waals surface area (Å²) in [5, 5.41) is 3.47. The topological polar surface area (TPSA) is 65.0 Å². The van der Waals surface area contributed by atoms with Gasteiger partial charge in [-0.2, -0.15) is 4.31 Å². The quantitative estimate of drug-likeness (QED) is 0.653. The monoisotopic (exact) mass is 364 g/mol. The van der Waals surface area contributed by atoms with Crippen LogP contribution in [0.1, 0.15) is 25.7 Å². The summed E-state index contributed by atoms with van der Waals surface area (Å²) in [5.74, 6) is 1.47. The molecule has 6 nitrogen and oxygen atoms in total. The van der Waals surface area contributed by atoms with Crippen LogP contribution in [0.4, 0.5) is 0 Å². The lowest BCUT2D eigenvalue weighted by atomic mass is 9.98. The van der Waals surface area contributed by atoms with E-state index in [2.05, 4.69) is 15.2 Å². The molecule has 7 heteroatoms. The first kappa shape index (κ1) is 18.2. The van der Waals surface area contributed by atoms with Crippen LogP contribution in [-0.4, -0.2) is 63.4 Å². The summed E-state index contributed by atoms with van der Waals surface area (Å²) < 4.78 is 26.9. The fraction of sp³-hybridized carbons (Fsp3) is 0.611. The van der Waals surface area contributed by atoms with Gasteiger partial charge in [-0.3, -0.25) is 4.99 Å². The van der Waals surface area contributed by atoms with Crippen molar-refractivity contribution in [2.45, 2.75) is 30.6 Å². The molecule has 0 aromatic heterocycles. The van der Waals surface area contributed by atoms with Crippen molar-refractivity contribution in [1.82, 2.24) is 14.5 Å². The summed E-state index contributed by atoms with van der Waals surface area (Å²) in [6.07, 6.45) is 4.24. The number of nitrogens with zero attached hydrogens (tertiary/aromatic N) is 3. The standard InChI is InChI=1S/C18H28N4O2S/c1-19-18(21-11-5-6-12-21)20-15-16-9-13-22(14-10-16)25(23,24)17-7-3-2-4-8-17/h2-4,7-8,16H,5-6,9-15H2,1H3,(H,19,20). The van der Waals surface area contributed by atoms with Crippen LogP contribution in [0.25, 0.3) is 0 Å². The molecule has 2 aliphatic rings. The van der Waals surface area contributed by atoms with Gasteiger partial charge in [0.2, 0.25) is 10.0 Å². The Bertz CT molecular complexity index is 676. The molecule has 0 amide bonds. The molecule has 1 aromatic rings. The molecular formula is C18H28N4O2S. The van der Waals surface area contributed by atoms with Crippen molar-refractivity contribution in [3.63, 3.8) is 0 Å². The van der Waals surface area contributed by atoms with E-state index in [-0.39, 0.29) is 0 Å². The van der Waals surface area contributed by atoms with E-state index in [0.717, 1.165) is 38.4 Å². The van der Waals surface area contributed by atoms with Gasteiger partial charge in [-0.05, 0) is 43.7 Å². The van der Waals surface area contributed by atoms with Crippen molar-refractivity contribution in [1.29, 1.82) is 0 Å². The van der Waals surface area contributed by atoms with Gasteiger partial charge in [-0.15, -0.1) is 0 Å². The first-order valence-electron chi connectivity index (χ1n) is 9.12. The molecule has 0 saturated carbocycles. The number of likely N-dealkylation sites (tertiary alicyclic amines) is 1. The normalized spacial score (nSPS) is 20.8. The lowest BCUT2D eigenvalue weighted by Crippen LogP contribution is -2.45. The van der Waals surface area contributed by atoms with Gasteiger partial charge in [-0.25, -0.2) is 8.42 Å². The smallest absolute Gasteiger partial charge is 0.243 e. The molecule has 0 unspecified atom stereocenters. The molecule has 2 saturated heterocycles. The number of piperidine rings is 1. The van der Waals surface area contributed by atoms with Gasteiger partial charge in [0.05, 0.1) is 4.90 Å². The van der Waals surface area contributed by atoms with Crippen molar-refractivity contribution in [3.05, 3.63) is 30.3 Å². The molecule has 3 rings (SSSR count). The van der Waals surface area contributed by atoms with Crippen LogP contribution in [0, 0.1) is 5.92 Å². The maximum absolute atomic E-state index is 12.7. The Morgan fingerprint density at radius 3 is 2.36 bits per heavy atom. The lowest BCUT2D eigenvalue weighted by Gasteiger charge is -2.32. The molecule has 0 aliphatic carbocycles. The molecule has 1 N–H and O–H groups in total. The first-order valence-corrected chi connectivity index (χ1v) is 10.6. The van der Waals surface area contributed by atoms with Gasteiger partial charge < -0.3 is 10.2 Å². The fourth-order valence-electron chi connectivity index (χ4n) is 3.59. The van der Waals surface area contributed by atoms with E-state index in [1.807, 2.05) is 13.1 Å². The van der Waals surface area contributed by atoms with Crippen molar-refractivity contribution < 1.29 is 8.42 Å². The summed E-state index contributed by atoms with van der Waals surface area (Å²) >= 11 is 0. The predicted octanol–water partition coefficient (Wildman–Crippen LogP) is 1.76. The third-order valence-corrected chi connectivity index (χ3v) is 7.03. The highest BCUT2D eigenvalue weighted by molar-refractivity contribution is 7.89. The number of guanidine groups is 1. The second kappa shape index (κ2) is 8.19. The number of nitrogens with one attached hydrogen (secondary N) is 1. The molecule has 0 bridgehead atoms. The molecule has 1 aromatic carbocycles. The Hall–Kier alpha value is -1.60. The molecule has 2 heterocycles. The second-order valence-corrected chi connectivity index (χ2v) is 8.72. The highest BCUT2D eigenvalue weighted by atomic mass is 32.2. The Morgan fingerprint density at radius 1 is 1.12 bits per heavy atom. The highest BCUT2D eigenvalue weighted by Crippen LogP contribution is 2.23.